The number of anilines is 3. The number of hydrogen-bond donors (Lipinski definition) is 3. The van der Waals surface area contributed by atoms with Gasteiger partial charge in [-0.2, -0.15) is 4.98 Å². The lowest BCUT2D eigenvalue weighted by Gasteiger charge is -2.28. The highest BCUT2D eigenvalue weighted by Crippen LogP contribution is 2.35. The van der Waals surface area contributed by atoms with E-state index in [0.717, 1.165) is 0 Å². The van der Waals surface area contributed by atoms with Crippen LogP contribution in [-0.4, -0.2) is 30.7 Å². The average molecular weight is 378 g/mol. The molecule has 27 heavy (non-hydrogen) atoms. The van der Waals surface area contributed by atoms with Crippen LogP contribution in [0.4, 0.5) is 30.8 Å². The number of imidazole rings is 1. The lowest BCUT2D eigenvalue weighted by atomic mass is 9.93. The summed E-state index contributed by atoms with van der Waals surface area (Å²) in [4.78, 5) is 12.4. The van der Waals surface area contributed by atoms with Crippen LogP contribution in [-0.2, 0) is 0 Å². The quantitative estimate of drug-likeness (QED) is 0.648. The highest BCUT2D eigenvalue weighted by molar-refractivity contribution is 5.76. The Bertz CT molecular complexity index is 977. The zero-order valence-electron chi connectivity index (χ0n) is 14.2. The molecule has 1 fully saturated rings. The van der Waals surface area contributed by atoms with E-state index in [2.05, 4.69) is 20.3 Å². The molecule has 0 atom stereocenters. The molecule has 2 aromatic heterocycles. The number of aromatic nitrogens is 4. The fourth-order valence-corrected chi connectivity index (χ4v) is 3.43. The number of aliphatic hydroxyl groups excluding tert-OH is 1. The Morgan fingerprint density at radius 3 is 2.41 bits per heavy atom. The number of nitrogens with zero attached hydrogens (tertiary/aromatic N) is 4. The zero-order chi connectivity index (χ0) is 19.1. The van der Waals surface area contributed by atoms with Crippen LogP contribution in [0.5, 0.6) is 0 Å². The van der Waals surface area contributed by atoms with Gasteiger partial charge in [0.25, 0.3) is 0 Å². The summed E-state index contributed by atoms with van der Waals surface area (Å²) in [6.07, 6.45) is 3.50. The van der Waals surface area contributed by atoms with Crippen molar-refractivity contribution in [2.75, 3.05) is 11.1 Å². The molecule has 2 heterocycles. The maximum Gasteiger partial charge on any atom is 0.222 e. The van der Waals surface area contributed by atoms with Gasteiger partial charge in [0.1, 0.15) is 17.0 Å². The Kier molecular flexibility index (Phi) is 4.34. The first-order valence-electron chi connectivity index (χ1n) is 8.52. The van der Waals surface area contributed by atoms with Crippen molar-refractivity contribution in [3.8, 4) is 0 Å². The Morgan fingerprint density at radius 2 is 1.74 bits per heavy atom. The van der Waals surface area contributed by atoms with Gasteiger partial charge in [0.15, 0.2) is 17.3 Å². The molecule has 3 aromatic rings. The normalized spacial score (nSPS) is 20.1. The number of fused-ring (bicyclic) bond motifs is 1. The third-order valence-corrected chi connectivity index (χ3v) is 4.73. The van der Waals surface area contributed by atoms with E-state index < -0.39 is 23.1 Å². The van der Waals surface area contributed by atoms with Gasteiger partial charge in [0.2, 0.25) is 11.9 Å². The molecule has 1 aliphatic carbocycles. The minimum absolute atomic E-state index is 0.0465. The van der Waals surface area contributed by atoms with Crippen molar-refractivity contribution >= 4 is 28.7 Å². The van der Waals surface area contributed by atoms with Gasteiger partial charge >= 0.3 is 0 Å². The lowest BCUT2D eigenvalue weighted by molar-refractivity contribution is 0.112. The molecule has 1 aromatic carbocycles. The standard InChI is InChI=1S/C17H17F3N6O/c18-8-5-11(19)14(12(20)6-8)24-17-23-13-7-22-16(21)25-15(13)26(17)9-1-3-10(27)4-2-9/h5-7,9-10,27H,1-4H2,(H,23,24)(H2,21,22,25). The molecular weight excluding hydrogens is 361 g/mol. The molecule has 142 valence electrons. The SMILES string of the molecule is Nc1ncc2nc(Nc3c(F)cc(F)cc3F)n(C3CCC(O)CC3)c2n1. The van der Waals surface area contributed by atoms with Crippen LogP contribution in [0.2, 0.25) is 0 Å². The number of rotatable bonds is 3. The molecule has 1 saturated carbocycles. The van der Waals surface area contributed by atoms with Crippen LogP contribution in [0.25, 0.3) is 11.2 Å². The van der Waals surface area contributed by atoms with Crippen molar-refractivity contribution in [1.29, 1.82) is 0 Å². The molecule has 1 aliphatic rings. The molecule has 7 nitrogen and oxygen atoms in total. The second-order valence-corrected chi connectivity index (χ2v) is 6.57. The average Bonchev–Trinajstić information content (AvgIpc) is 2.96. The van der Waals surface area contributed by atoms with Crippen molar-refractivity contribution in [3.05, 3.63) is 35.8 Å². The third-order valence-electron chi connectivity index (χ3n) is 4.73. The fraction of sp³-hybridized carbons (Fsp3) is 0.353. The number of benzene rings is 1. The van der Waals surface area contributed by atoms with Crippen molar-refractivity contribution in [3.63, 3.8) is 0 Å². The molecule has 4 rings (SSSR count). The summed E-state index contributed by atoms with van der Waals surface area (Å²) in [7, 11) is 0. The monoisotopic (exact) mass is 378 g/mol. The predicted molar refractivity (Wildman–Crippen MR) is 92.8 cm³/mol. The molecule has 0 aliphatic heterocycles. The van der Waals surface area contributed by atoms with Crippen molar-refractivity contribution in [2.45, 2.75) is 37.8 Å². The molecule has 0 unspecified atom stereocenters. The summed E-state index contributed by atoms with van der Waals surface area (Å²) < 4.78 is 43.1. The van der Waals surface area contributed by atoms with E-state index in [9.17, 15) is 18.3 Å². The Balaban J connectivity index is 1.81. The van der Waals surface area contributed by atoms with Crippen LogP contribution in [0.1, 0.15) is 31.7 Å². The summed E-state index contributed by atoms with van der Waals surface area (Å²) in [6, 6.07) is 1.09. The maximum absolute atomic E-state index is 14.1. The van der Waals surface area contributed by atoms with Crippen LogP contribution >= 0.6 is 0 Å². The van der Waals surface area contributed by atoms with Gasteiger partial charge in [0.05, 0.1) is 12.3 Å². The topological polar surface area (TPSA) is 102 Å². The molecule has 0 radical (unpaired) electrons. The molecule has 0 amide bonds. The first kappa shape index (κ1) is 17.5. The lowest BCUT2D eigenvalue weighted by Crippen LogP contribution is -2.22. The Morgan fingerprint density at radius 1 is 1.07 bits per heavy atom. The summed E-state index contributed by atoms with van der Waals surface area (Å²) in [5.74, 6) is -2.96. The van der Waals surface area contributed by atoms with Gasteiger partial charge in [-0.1, -0.05) is 0 Å². The van der Waals surface area contributed by atoms with Crippen LogP contribution in [0.15, 0.2) is 18.3 Å². The summed E-state index contributed by atoms with van der Waals surface area (Å²) >= 11 is 0. The van der Waals surface area contributed by atoms with Gasteiger partial charge in [-0.05, 0) is 25.7 Å². The Labute approximate surface area is 152 Å². The molecule has 0 spiro atoms. The van der Waals surface area contributed by atoms with E-state index in [4.69, 9.17) is 5.73 Å². The third kappa shape index (κ3) is 3.27. The number of halogens is 3. The van der Waals surface area contributed by atoms with Gasteiger partial charge < -0.3 is 16.2 Å². The predicted octanol–water partition coefficient (Wildman–Crippen LogP) is 3.05. The van der Waals surface area contributed by atoms with E-state index >= 15 is 0 Å². The molecule has 0 bridgehead atoms. The van der Waals surface area contributed by atoms with E-state index in [0.29, 0.717) is 49.0 Å². The zero-order valence-corrected chi connectivity index (χ0v) is 14.2. The fourth-order valence-electron chi connectivity index (χ4n) is 3.43. The van der Waals surface area contributed by atoms with Gasteiger partial charge in [-0.15, -0.1) is 0 Å². The molecule has 4 N–H and O–H groups in total. The second kappa shape index (κ2) is 6.69. The van der Waals surface area contributed by atoms with Gasteiger partial charge in [-0.3, -0.25) is 4.57 Å². The minimum atomic E-state index is -1.07. The van der Waals surface area contributed by atoms with Crippen LogP contribution in [0.3, 0.4) is 0 Å². The first-order valence-corrected chi connectivity index (χ1v) is 8.52. The van der Waals surface area contributed by atoms with Crippen molar-refractivity contribution < 1.29 is 18.3 Å². The van der Waals surface area contributed by atoms with Crippen LogP contribution in [0, 0.1) is 17.5 Å². The molecule has 0 saturated heterocycles. The van der Waals surface area contributed by atoms with E-state index in [1.54, 1.807) is 4.57 Å². The highest BCUT2D eigenvalue weighted by Gasteiger charge is 2.27. The first-order chi connectivity index (χ1) is 12.9. The minimum Gasteiger partial charge on any atom is -0.393 e. The van der Waals surface area contributed by atoms with Gasteiger partial charge in [-0.25, -0.2) is 23.1 Å². The van der Waals surface area contributed by atoms with Crippen molar-refractivity contribution in [1.82, 2.24) is 19.5 Å². The molecular formula is C17H17F3N6O. The smallest absolute Gasteiger partial charge is 0.222 e. The van der Waals surface area contributed by atoms with Gasteiger partial charge in [0, 0.05) is 18.2 Å². The highest BCUT2D eigenvalue weighted by atomic mass is 19.1. The summed E-state index contributed by atoms with van der Waals surface area (Å²) in [6.45, 7) is 0. The number of nitrogens with two attached hydrogens (primary N) is 1. The van der Waals surface area contributed by atoms with Crippen molar-refractivity contribution in [2.24, 2.45) is 0 Å². The summed E-state index contributed by atoms with van der Waals surface area (Å²) in [5, 5.41) is 12.4. The largest absolute Gasteiger partial charge is 0.393 e. The molecule has 10 heteroatoms. The van der Waals surface area contributed by atoms with E-state index in [1.165, 1.54) is 6.20 Å². The maximum atomic E-state index is 14.1. The number of nitrogens with one attached hydrogen (secondary N) is 1. The second-order valence-electron chi connectivity index (χ2n) is 6.57. The number of aliphatic hydroxyl groups is 1. The van der Waals surface area contributed by atoms with E-state index in [1.807, 2.05) is 0 Å². The van der Waals surface area contributed by atoms with E-state index in [-0.39, 0.29) is 24.0 Å². The summed E-state index contributed by atoms with van der Waals surface area (Å²) in [5.41, 5.74) is 6.00. The number of nitrogen functional groups attached to an aromatic ring is 1. The Hall–Kier alpha value is -2.88. The number of hydrogen-bond acceptors (Lipinski definition) is 6. The van der Waals surface area contributed by atoms with Crippen LogP contribution < -0.4 is 11.1 Å².